The maximum absolute atomic E-state index is 5.40. The van der Waals surface area contributed by atoms with Crippen LogP contribution in [0.3, 0.4) is 0 Å². The molecule has 47 valence electrons. The Labute approximate surface area is 51.0 Å². The third-order valence-corrected chi connectivity index (χ3v) is 2.00. The Morgan fingerprint density at radius 1 is 1.62 bits per heavy atom. The molecular formula is C7H13O. The Kier molecular flexibility index (Phi) is 1.31. The van der Waals surface area contributed by atoms with Crippen LogP contribution in [0.2, 0.25) is 0 Å². The standard InChI is InChI=1S/C7H13O/c1-6-4-5-8-7(6,2)3/h4,6H,5H2,1-3H3. The molecule has 1 unspecified atom stereocenters. The molecule has 1 heterocycles. The quantitative estimate of drug-likeness (QED) is 0.464. The first-order valence-corrected chi connectivity index (χ1v) is 3.10. The minimum Gasteiger partial charge on any atom is -0.375 e. The molecule has 1 fully saturated rings. The summed E-state index contributed by atoms with van der Waals surface area (Å²) in [6.07, 6.45) is 2.21. The van der Waals surface area contributed by atoms with E-state index in [1.165, 1.54) is 0 Å². The number of ether oxygens (including phenoxy) is 1. The maximum Gasteiger partial charge on any atom is 0.0655 e. The van der Waals surface area contributed by atoms with Crippen LogP contribution >= 0.6 is 0 Å². The van der Waals surface area contributed by atoms with Gasteiger partial charge >= 0.3 is 0 Å². The fraction of sp³-hybridized carbons (Fsp3) is 0.857. The lowest BCUT2D eigenvalue weighted by Gasteiger charge is -2.21. The molecule has 1 atom stereocenters. The molecular weight excluding hydrogens is 100 g/mol. The minimum atomic E-state index is 0.0972. The smallest absolute Gasteiger partial charge is 0.0655 e. The van der Waals surface area contributed by atoms with Gasteiger partial charge in [-0.05, 0) is 26.2 Å². The molecule has 0 aromatic rings. The zero-order valence-corrected chi connectivity index (χ0v) is 5.77. The van der Waals surface area contributed by atoms with E-state index in [4.69, 9.17) is 4.74 Å². The van der Waals surface area contributed by atoms with E-state index < -0.39 is 0 Å². The van der Waals surface area contributed by atoms with E-state index in [0.29, 0.717) is 5.92 Å². The van der Waals surface area contributed by atoms with Gasteiger partial charge in [0.05, 0.1) is 12.2 Å². The summed E-state index contributed by atoms with van der Waals surface area (Å²) in [7, 11) is 0. The summed E-state index contributed by atoms with van der Waals surface area (Å²) >= 11 is 0. The van der Waals surface area contributed by atoms with E-state index in [1.807, 2.05) is 0 Å². The molecule has 1 rings (SSSR count). The summed E-state index contributed by atoms with van der Waals surface area (Å²) in [6, 6.07) is 0. The topological polar surface area (TPSA) is 9.23 Å². The van der Waals surface area contributed by atoms with E-state index in [2.05, 4.69) is 27.2 Å². The zero-order valence-electron chi connectivity index (χ0n) is 5.77. The predicted molar refractivity (Wildman–Crippen MR) is 33.5 cm³/mol. The lowest BCUT2D eigenvalue weighted by molar-refractivity contribution is 0.0153. The third kappa shape index (κ3) is 0.873. The van der Waals surface area contributed by atoms with Crippen molar-refractivity contribution in [2.75, 3.05) is 6.61 Å². The normalized spacial score (nSPS) is 35.6. The van der Waals surface area contributed by atoms with Crippen LogP contribution in [-0.4, -0.2) is 12.2 Å². The largest absolute Gasteiger partial charge is 0.375 e. The fourth-order valence-corrected chi connectivity index (χ4v) is 0.822. The summed E-state index contributed by atoms with van der Waals surface area (Å²) in [5, 5.41) is 0. The van der Waals surface area contributed by atoms with Gasteiger partial charge in [-0.3, -0.25) is 0 Å². The van der Waals surface area contributed by atoms with Crippen molar-refractivity contribution in [1.29, 1.82) is 0 Å². The van der Waals surface area contributed by atoms with Crippen LogP contribution in [-0.2, 0) is 4.74 Å². The van der Waals surface area contributed by atoms with Gasteiger partial charge in [-0.15, -0.1) is 0 Å². The molecule has 8 heavy (non-hydrogen) atoms. The highest BCUT2D eigenvalue weighted by molar-refractivity contribution is 4.92. The van der Waals surface area contributed by atoms with Crippen LogP contribution in [0.1, 0.15) is 20.8 Å². The molecule has 0 aromatic heterocycles. The Morgan fingerprint density at radius 2 is 2.25 bits per heavy atom. The lowest BCUT2D eigenvalue weighted by Crippen LogP contribution is -2.24. The van der Waals surface area contributed by atoms with Crippen LogP contribution in [0.4, 0.5) is 0 Å². The van der Waals surface area contributed by atoms with Crippen LogP contribution in [0.5, 0.6) is 0 Å². The molecule has 0 saturated carbocycles. The fourth-order valence-electron chi connectivity index (χ4n) is 0.822. The van der Waals surface area contributed by atoms with Gasteiger partial charge in [0, 0.05) is 0 Å². The molecule has 1 radical (unpaired) electrons. The summed E-state index contributed by atoms with van der Waals surface area (Å²) < 4.78 is 5.40. The van der Waals surface area contributed by atoms with E-state index in [0.717, 1.165) is 6.61 Å². The first-order chi connectivity index (χ1) is 3.63. The van der Waals surface area contributed by atoms with E-state index >= 15 is 0 Å². The Balaban J connectivity index is 2.54. The van der Waals surface area contributed by atoms with Gasteiger partial charge in [-0.1, -0.05) is 6.92 Å². The highest BCUT2D eigenvalue weighted by atomic mass is 16.5. The number of hydrogen-bond donors (Lipinski definition) is 0. The second-order valence-electron chi connectivity index (χ2n) is 2.94. The monoisotopic (exact) mass is 113 g/mol. The van der Waals surface area contributed by atoms with Gasteiger partial charge in [-0.2, -0.15) is 0 Å². The summed E-state index contributed by atoms with van der Waals surface area (Å²) in [5.41, 5.74) is 0.0972. The summed E-state index contributed by atoms with van der Waals surface area (Å²) in [4.78, 5) is 0. The van der Waals surface area contributed by atoms with Gasteiger partial charge in [-0.25, -0.2) is 0 Å². The molecule has 0 aliphatic carbocycles. The van der Waals surface area contributed by atoms with Crippen molar-refractivity contribution in [2.45, 2.75) is 26.4 Å². The number of hydrogen-bond acceptors (Lipinski definition) is 1. The van der Waals surface area contributed by atoms with Crippen molar-refractivity contribution in [3.8, 4) is 0 Å². The summed E-state index contributed by atoms with van der Waals surface area (Å²) in [6.45, 7) is 7.27. The molecule has 1 aliphatic rings. The van der Waals surface area contributed by atoms with Crippen LogP contribution in [0, 0.1) is 12.3 Å². The van der Waals surface area contributed by atoms with Gasteiger partial charge in [0.15, 0.2) is 0 Å². The lowest BCUT2D eigenvalue weighted by atomic mass is 9.93. The molecule has 0 bridgehead atoms. The molecule has 1 heteroatoms. The molecule has 0 spiro atoms. The van der Waals surface area contributed by atoms with Crippen molar-refractivity contribution < 1.29 is 4.74 Å². The molecule has 0 aromatic carbocycles. The molecule has 0 N–H and O–H groups in total. The molecule has 0 amide bonds. The van der Waals surface area contributed by atoms with E-state index in [9.17, 15) is 0 Å². The highest BCUT2D eigenvalue weighted by Gasteiger charge is 2.31. The van der Waals surface area contributed by atoms with Crippen molar-refractivity contribution in [3.05, 3.63) is 6.42 Å². The van der Waals surface area contributed by atoms with Crippen LogP contribution in [0.25, 0.3) is 0 Å². The van der Waals surface area contributed by atoms with Crippen molar-refractivity contribution in [3.63, 3.8) is 0 Å². The van der Waals surface area contributed by atoms with Gasteiger partial charge < -0.3 is 4.74 Å². The average molecular weight is 113 g/mol. The van der Waals surface area contributed by atoms with Crippen LogP contribution in [0.15, 0.2) is 0 Å². The second kappa shape index (κ2) is 1.73. The first kappa shape index (κ1) is 6.09. The zero-order chi connectivity index (χ0) is 6.20. The van der Waals surface area contributed by atoms with Gasteiger partial charge in [0.25, 0.3) is 0 Å². The SMILES string of the molecule is CC1[CH]COC1(C)C. The predicted octanol–water partition coefficient (Wildman–Crippen LogP) is 1.64. The molecule has 1 nitrogen and oxygen atoms in total. The minimum absolute atomic E-state index is 0.0972. The van der Waals surface area contributed by atoms with Crippen molar-refractivity contribution >= 4 is 0 Å². The van der Waals surface area contributed by atoms with Crippen molar-refractivity contribution in [2.24, 2.45) is 5.92 Å². The Hall–Kier alpha value is -0.0400. The van der Waals surface area contributed by atoms with E-state index in [-0.39, 0.29) is 5.60 Å². The molecule has 1 aliphatic heterocycles. The van der Waals surface area contributed by atoms with Crippen molar-refractivity contribution in [1.82, 2.24) is 0 Å². The van der Waals surface area contributed by atoms with Crippen LogP contribution < -0.4 is 0 Å². The highest BCUT2D eigenvalue weighted by Crippen LogP contribution is 2.29. The van der Waals surface area contributed by atoms with Gasteiger partial charge in [0.2, 0.25) is 0 Å². The summed E-state index contributed by atoms with van der Waals surface area (Å²) in [5.74, 6) is 0.613. The Morgan fingerprint density at radius 3 is 2.38 bits per heavy atom. The number of rotatable bonds is 0. The maximum atomic E-state index is 5.40. The average Bonchev–Trinajstić information content (AvgIpc) is 1.86. The third-order valence-electron chi connectivity index (χ3n) is 2.00. The first-order valence-electron chi connectivity index (χ1n) is 3.10. The molecule has 1 saturated heterocycles. The van der Waals surface area contributed by atoms with Gasteiger partial charge in [0.1, 0.15) is 0 Å². The second-order valence-corrected chi connectivity index (χ2v) is 2.94. The Bertz CT molecular complexity index is 86.4. The van der Waals surface area contributed by atoms with E-state index in [1.54, 1.807) is 0 Å².